The molecular weight excluding hydrogens is 258 g/mol. The summed E-state index contributed by atoms with van der Waals surface area (Å²) in [4.78, 5) is 24.5. The average Bonchev–Trinajstić information content (AvgIpc) is 2.27. The first-order chi connectivity index (χ1) is 8.31. The monoisotopic (exact) mass is 277 g/mol. The van der Waals surface area contributed by atoms with Crippen molar-refractivity contribution in [1.29, 1.82) is 0 Å². The van der Waals surface area contributed by atoms with Crippen molar-refractivity contribution in [2.24, 2.45) is 0 Å². The third kappa shape index (κ3) is 5.10. The van der Waals surface area contributed by atoms with Gasteiger partial charge in [0.2, 0.25) is 5.91 Å². The van der Waals surface area contributed by atoms with Crippen LogP contribution in [0.2, 0.25) is 0 Å². The first-order valence-corrected chi connectivity index (χ1v) is 6.43. The van der Waals surface area contributed by atoms with Crippen molar-refractivity contribution >= 4 is 23.6 Å². The van der Waals surface area contributed by atoms with Gasteiger partial charge in [-0.2, -0.15) is 0 Å². The molecule has 0 atom stereocenters. The number of nitrogens with one attached hydrogen (secondary N) is 1. The van der Waals surface area contributed by atoms with E-state index in [1.807, 2.05) is 20.8 Å². The topological polar surface area (TPSA) is 61.9 Å². The summed E-state index contributed by atoms with van der Waals surface area (Å²) in [6, 6.07) is 0. The zero-order chi connectivity index (χ0) is 13.8. The molecule has 0 aromatic rings. The molecule has 1 rings (SSSR count). The number of halogens is 1. The van der Waals surface area contributed by atoms with Crippen LogP contribution in [0.25, 0.3) is 0 Å². The summed E-state index contributed by atoms with van der Waals surface area (Å²) in [5.41, 5.74) is 2.17. The number of hydrogen-bond donors (Lipinski definition) is 1. The number of nitrogens with zero attached hydrogens (tertiary/aromatic N) is 2. The molecular formula is C11H20ClN3O3. The number of hydrogen-bond acceptors (Lipinski definition) is 4. The molecule has 0 saturated carbocycles. The Morgan fingerprint density at radius 3 is 2.22 bits per heavy atom. The van der Waals surface area contributed by atoms with E-state index < -0.39 is 5.60 Å². The van der Waals surface area contributed by atoms with Gasteiger partial charge in [0.15, 0.2) is 0 Å². The van der Waals surface area contributed by atoms with Gasteiger partial charge in [-0.1, -0.05) is 0 Å². The number of carbonyl (C=O) groups excluding carboxylic acids is 2. The third-order valence-electron chi connectivity index (χ3n) is 2.34. The zero-order valence-electron chi connectivity index (χ0n) is 11.0. The van der Waals surface area contributed by atoms with E-state index >= 15 is 0 Å². The average molecular weight is 278 g/mol. The van der Waals surface area contributed by atoms with Crippen molar-refractivity contribution in [3.63, 3.8) is 0 Å². The van der Waals surface area contributed by atoms with E-state index in [1.54, 1.807) is 9.91 Å². The van der Waals surface area contributed by atoms with Gasteiger partial charge in [0, 0.05) is 26.2 Å². The lowest BCUT2D eigenvalue weighted by atomic mass is 10.2. The van der Waals surface area contributed by atoms with Crippen molar-refractivity contribution in [1.82, 2.24) is 15.3 Å². The van der Waals surface area contributed by atoms with E-state index in [1.165, 1.54) is 0 Å². The highest BCUT2D eigenvalue weighted by Crippen LogP contribution is 2.11. The van der Waals surface area contributed by atoms with E-state index in [-0.39, 0.29) is 17.9 Å². The second-order valence-corrected chi connectivity index (χ2v) is 5.39. The molecule has 2 amide bonds. The molecule has 18 heavy (non-hydrogen) atoms. The second-order valence-electron chi connectivity index (χ2n) is 5.12. The molecule has 1 N–H and O–H groups in total. The van der Waals surface area contributed by atoms with Crippen LogP contribution < -0.4 is 5.43 Å². The smallest absolute Gasteiger partial charge is 0.410 e. The fraction of sp³-hybridized carbons (Fsp3) is 0.818. The number of amides is 2. The van der Waals surface area contributed by atoms with Gasteiger partial charge in [-0.3, -0.25) is 10.2 Å². The van der Waals surface area contributed by atoms with Crippen LogP contribution in [0.1, 0.15) is 20.8 Å². The van der Waals surface area contributed by atoms with E-state index in [2.05, 4.69) is 5.43 Å². The van der Waals surface area contributed by atoms with E-state index in [9.17, 15) is 9.59 Å². The predicted octanol–water partition coefficient (Wildman–Crippen LogP) is 0.809. The minimum Gasteiger partial charge on any atom is -0.444 e. The van der Waals surface area contributed by atoms with E-state index in [0.717, 1.165) is 0 Å². The molecule has 0 radical (unpaired) electrons. The Balaban J connectivity index is 2.35. The van der Waals surface area contributed by atoms with Gasteiger partial charge in [-0.05, 0) is 20.8 Å². The van der Waals surface area contributed by atoms with Crippen molar-refractivity contribution in [3.05, 3.63) is 0 Å². The van der Waals surface area contributed by atoms with Gasteiger partial charge in [0.25, 0.3) is 0 Å². The van der Waals surface area contributed by atoms with Gasteiger partial charge in [0.1, 0.15) is 11.5 Å². The Bertz CT molecular complexity index is 309. The van der Waals surface area contributed by atoms with Crippen molar-refractivity contribution < 1.29 is 14.3 Å². The van der Waals surface area contributed by atoms with E-state index in [4.69, 9.17) is 16.3 Å². The van der Waals surface area contributed by atoms with Crippen LogP contribution in [0, 0.1) is 0 Å². The van der Waals surface area contributed by atoms with Crippen LogP contribution in [-0.4, -0.2) is 59.6 Å². The van der Waals surface area contributed by atoms with Gasteiger partial charge in [0.05, 0.1) is 0 Å². The molecule has 7 heteroatoms. The molecule has 104 valence electrons. The van der Waals surface area contributed by atoms with Crippen LogP contribution >= 0.6 is 11.6 Å². The van der Waals surface area contributed by atoms with Crippen LogP contribution in [-0.2, 0) is 9.53 Å². The zero-order valence-corrected chi connectivity index (χ0v) is 11.8. The number of hydrazine groups is 1. The summed E-state index contributed by atoms with van der Waals surface area (Å²) in [6.45, 7) is 7.70. The lowest BCUT2D eigenvalue weighted by molar-refractivity contribution is -0.124. The lowest BCUT2D eigenvalue weighted by Gasteiger charge is -2.35. The fourth-order valence-corrected chi connectivity index (χ4v) is 1.59. The lowest BCUT2D eigenvalue weighted by Crippen LogP contribution is -2.55. The van der Waals surface area contributed by atoms with Crippen LogP contribution in [0.3, 0.4) is 0 Å². The normalized spacial score (nSPS) is 17.4. The molecule has 6 nitrogen and oxygen atoms in total. The number of alkyl halides is 1. The second kappa shape index (κ2) is 6.24. The summed E-state index contributed by atoms with van der Waals surface area (Å²) in [5.74, 6) is -0.297. The van der Waals surface area contributed by atoms with Crippen LogP contribution in [0.15, 0.2) is 0 Å². The Kier molecular flexibility index (Phi) is 5.22. The maximum absolute atomic E-state index is 11.8. The summed E-state index contributed by atoms with van der Waals surface area (Å²) in [6.07, 6.45) is -0.314. The Labute approximate surface area is 112 Å². The maximum Gasteiger partial charge on any atom is 0.410 e. The third-order valence-corrected chi connectivity index (χ3v) is 2.58. The summed E-state index contributed by atoms with van der Waals surface area (Å²) < 4.78 is 5.27. The fourth-order valence-electron chi connectivity index (χ4n) is 1.53. The number of ether oxygens (including phenoxy) is 1. The van der Waals surface area contributed by atoms with Crippen molar-refractivity contribution in [3.8, 4) is 0 Å². The maximum atomic E-state index is 11.8. The highest BCUT2D eigenvalue weighted by atomic mass is 35.5. The highest BCUT2D eigenvalue weighted by Gasteiger charge is 2.26. The molecule has 0 aliphatic carbocycles. The van der Waals surface area contributed by atoms with Gasteiger partial charge in [-0.25, -0.2) is 9.80 Å². The first kappa shape index (κ1) is 15.0. The highest BCUT2D eigenvalue weighted by molar-refractivity contribution is 6.27. The van der Waals surface area contributed by atoms with Crippen LogP contribution in [0.5, 0.6) is 0 Å². The minimum absolute atomic E-state index is 0.0632. The molecule has 1 fully saturated rings. The van der Waals surface area contributed by atoms with Gasteiger partial charge in [-0.15, -0.1) is 11.6 Å². The molecule has 1 aliphatic heterocycles. The summed E-state index contributed by atoms with van der Waals surface area (Å²) >= 11 is 5.40. The molecule has 1 heterocycles. The first-order valence-electron chi connectivity index (χ1n) is 5.90. The van der Waals surface area contributed by atoms with Gasteiger partial charge >= 0.3 is 6.09 Å². The van der Waals surface area contributed by atoms with E-state index in [0.29, 0.717) is 26.2 Å². The summed E-state index contributed by atoms with van der Waals surface area (Å²) in [5, 5.41) is 1.76. The molecule has 1 aliphatic rings. The van der Waals surface area contributed by atoms with Crippen LogP contribution in [0.4, 0.5) is 4.79 Å². The Morgan fingerprint density at radius 1 is 1.22 bits per heavy atom. The van der Waals surface area contributed by atoms with Gasteiger partial charge < -0.3 is 9.64 Å². The number of carbonyl (C=O) groups is 2. The molecule has 0 unspecified atom stereocenters. The van der Waals surface area contributed by atoms with Crippen molar-refractivity contribution in [2.45, 2.75) is 26.4 Å². The quantitative estimate of drug-likeness (QED) is 0.759. The molecule has 0 aromatic carbocycles. The number of piperazine rings is 1. The molecule has 0 spiro atoms. The SMILES string of the molecule is CC(C)(C)OC(=O)N1CCN(NC(=O)CCl)CC1. The molecule has 0 aromatic heterocycles. The molecule has 0 bridgehead atoms. The Hall–Kier alpha value is -1.01. The largest absolute Gasteiger partial charge is 0.444 e. The molecule has 1 saturated heterocycles. The minimum atomic E-state index is -0.485. The Morgan fingerprint density at radius 2 is 1.78 bits per heavy atom. The standard InChI is InChI=1S/C11H20ClN3O3/c1-11(2,3)18-10(17)14-4-6-15(7-5-14)13-9(16)8-12/h4-8H2,1-3H3,(H,13,16). The number of rotatable bonds is 2. The summed E-state index contributed by atoms with van der Waals surface area (Å²) in [7, 11) is 0. The predicted molar refractivity (Wildman–Crippen MR) is 68.2 cm³/mol. The van der Waals surface area contributed by atoms with Crippen molar-refractivity contribution in [2.75, 3.05) is 32.1 Å².